The largest absolute Gasteiger partial charge is 0.478 e. The summed E-state index contributed by atoms with van der Waals surface area (Å²) >= 11 is 1.75. The summed E-state index contributed by atoms with van der Waals surface area (Å²) in [5.74, 6) is 0.894. The van der Waals surface area contributed by atoms with Crippen molar-refractivity contribution in [3.8, 4) is 0 Å². The number of aromatic carboxylic acids is 1. The zero-order valence-corrected chi connectivity index (χ0v) is 11.3. The molecule has 1 aromatic carbocycles. The maximum absolute atomic E-state index is 11.1. The fraction of sp³-hybridized carbons (Fsp3) is 0.500. The normalized spacial score (nSPS) is 16.7. The van der Waals surface area contributed by atoms with E-state index in [1.807, 2.05) is 19.1 Å². The molecule has 0 aliphatic carbocycles. The molecule has 3 nitrogen and oxygen atoms in total. The molecule has 0 radical (unpaired) electrons. The van der Waals surface area contributed by atoms with Crippen molar-refractivity contribution in [2.45, 2.75) is 24.7 Å². The van der Waals surface area contributed by atoms with Gasteiger partial charge in [-0.3, -0.25) is 0 Å². The summed E-state index contributed by atoms with van der Waals surface area (Å²) in [4.78, 5) is 12.1. The van der Waals surface area contributed by atoms with Crippen LogP contribution in [0.4, 0.5) is 0 Å². The maximum atomic E-state index is 11.1. The first-order valence-electron chi connectivity index (χ1n) is 6.21. The van der Waals surface area contributed by atoms with Crippen molar-refractivity contribution in [2.75, 3.05) is 19.0 Å². The Labute approximate surface area is 112 Å². The van der Waals surface area contributed by atoms with E-state index in [1.165, 1.54) is 0 Å². The molecule has 1 aromatic rings. The first kappa shape index (κ1) is 13.4. The van der Waals surface area contributed by atoms with Crippen LogP contribution in [0.5, 0.6) is 0 Å². The molecule has 18 heavy (non-hydrogen) atoms. The summed E-state index contributed by atoms with van der Waals surface area (Å²) in [5, 5.41) is 9.08. The SMILES string of the molecule is Cc1ccc(SCC2CCOCC2)cc1C(=O)O. The van der Waals surface area contributed by atoms with Crippen LogP contribution in [0.15, 0.2) is 23.1 Å². The highest BCUT2D eigenvalue weighted by atomic mass is 32.2. The molecular weight excluding hydrogens is 248 g/mol. The third kappa shape index (κ3) is 3.50. The highest BCUT2D eigenvalue weighted by Crippen LogP contribution is 2.27. The van der Waals surface area contributed by atoms with Gasteiger partial charge in [0.25, 0.3) is 0 Å². The fourth-order valence-corrected chi connectivity index (χ4v) is 3.18. The van der Waals surface area contributed by atoms with E-state index < -0.39 is 5.97 Å². The lowest BCUT2D eigenvalue weighted by Gasteiger charge is -2.21. The Balaban J connectivity index is 1.96. The van der Waals surface area contributed by atoms with E-state index in [0.29, 0.717) is 11.5 Å². The van der Waals surface area contributed by atoms with Crippen molar-refractivity contribution >= 4 is 17.7 Å². The number of hydrogen-bond donors (Lipinski definition) is 1. The highest BCUT2D eigenvalue weighted by Gasteiger charge is 2.14. The number of rotatable bonds is 4. The molecule has 0 amide bonds. The topological polar surface area (TPSA) is 46.5 Å². The van der Waals surface area contributed by atoms with E-state index >= 15 is 0 Å². The van der Waals surface area contributed by atoms with E-state index in [-0.39, 0.29) is 0 Å². The third-order valence-corrected chi connectivity index (χ3v) is 4.49. The lowest BCUT2D eigenvalue weighted by Crippen LogP contribution is -2.17. The molecule has 0 spiro atoms. The third-order valence-electron chi connectivity index (χ3n) is 3.27. The van der Waals surface area contributed by atoms with Crippen molar-refractivity contribution in [1.29, 1.82) is 0 Å². The number of ether oxygens (including phenoxy) is 1. The summed E-state index contributed by atoms with van der Waals surface area (Å²) in [7, 11) is 0. The number of benzene rings is 1. The van der Waals surface area contributed by atoms with Gasteiger partial charge in [-0.15, -0.1) is 11.8 Å². The van der Waals surface area contributed by atoms with E-state index in [0.717, 1.165) is 42.3 Å². The van der Waals surface area contributed by atoms with Crippen LogP contribution in [0.1, 0.15) is 28.8 Å². The van der Waals surface area contributed by atoms with Gasteiger partial charge in [0.05, 0.1) is 5.56 Å². The van der Waals surface area contributed by atoms with Crippen LogP contribution in [-0.4, -0.2) is 30.0 Å². The number of carboxylic acid groups (broad SMARTS) is 1. The molecule has 1 aliphatic heterocycles. The van der Waals surface area contributed by atoms with Gasteiger partial charge < -0.3 is 9.84 Å². The molecule has 0 bridgehead atoms. The zero-order chi connectivity index (χ0) is 13.0. The number of thioether (sulfide) groups is 1. The van der Waals surface area contributed by atoms with Crippen LogP contribution in [0.25, 0.3) is 0 Å². The summed E-state index contributed by atoms with van der Waals surface area (Å²) in [5.41, 5.74) is 1.23. The van der Waals surface area contributed by atoms with Crippen molar-refractivity contribution in [1.82, 2.24) is 0 Å². The molecule has 1 N–H and O–H groups in total. The predicted molar refractivity (Wildman–Crippen MR) is 72.4 cm³/mol. The van der Waals surface area contributed by atoms with Crippen LogP contribution in [0.2, 0.25) is 0 Å². The minimum absolute atomic E-state index is 0.409. The lowest BCUT2D eigenvalue weighted by atomic mass is 10.0. The van der Waals surface area contributed by atoms with Crippen LogP contribution >= 0.6 is 11.8 Å². The first-order chi connectivity index (χ1) is 8.66. The van der Waals surface area contributed by atoms with Crippen molar-refractivity contribution < 1.29 is 14.6 Å². The standard InChI is InChI=1S/C14H18O3S/c1-10-2-3-12(8-13(10)14(15)16)18-9-11-4-6-17-7-5-11/h2-3,8,11H,4-7,9H2,1H3,(H,15,16). The average molecular weight is 266 g/mol. The Morgan fingerprint density at radius 1 is 1.44 bits per heavy atom. The van der Waals surface area contributed by atoms with E-state index in [9.17, 15) is 4.79 Å². The molecule has 0 aromatic heterocycles. The Hall–Kier alpha value is -1.00. The van der Waals surface area contributed by atoms with Gasteiger partial charge in [0.2, 0.25) is 0 Å². The number of hydrogen-bond acceptors (Lipinski definition) is 3. The lowest BCUT2D eigenvalue weighted by molar-refractivity contribution is 0.0695. The van der Waals surface area contributed by atoms with Gasteiger partial charge in [-0.25, -0.2) is 4.79 Å². The van der Waals surface area contributed by atoms with E-state index in [1.54, 1.807) is 17.8 Å². The van der Waals surface area contributed by atoms with Gasteiger partial charge in [0.1, 0.15) is 0 Å². The van der Waals surface area contributed by atoms with Gasteiger partial charge in [-0.1, -0.05) is 6.07 Å². The second kappa shape index (κ2) is 6.25. The molecule has 1 saturated heterocycles. The van der Waals surface area contributed by atoms with Crippen LogP contribution in [0.3, 0.4) is 0 Å². The second-order valence-corrected chi connectivity index (χ2v) is 5.74. The van der Waals surface area contributed by atoms with Crippen molar-refractivity contribution in [2.24, 2.45) is 5.92 Å². The summed E-state index contributed by atoms with van der Waals surface area (Å²) in [6.45, 7) is 3.55. The van der Waals surface area contributed by atoms with Crippen LogP contribution in [-0.2, 0) is 4.74 Å². The molecule has 1 aliphatic rings. The van der Waals surface area contributed by atoms with Crippen molar-refractivity contribution in [3.05, 3.63) is 29.3 Å². The molecule has 4 heteroatoms. The molecule has 0 saturated carbocycles. The number of aryl methyl sites for hydroxylation is 1. The second-order valence-electron chi connectivity index (χ2n) is 4.65. The molecule has 98 valence electrons. The molecule has 0 unspecified atom stereocenters. The maximum Gasteiger partial charge on any atom is 0.335 e. The molecule has 2 rings (SSSR count). The Kier molecular flexibility index (Phi) is 4.66. The minimum Gasteiger partial charge on any atom is -0.478 e. The molecule has 1 heterocycles. The minimum atomic E-state index is -0.846. The summed E-state index contributed by atoms with van der Waals surface area (Å²) < 4.78 is 5.33. The monoisotopic (exact) mass is 266 g/mol. The van der Waals surface area contributed by atoms with Gasteiger partial charge in [0, 0.05) is 23.9 Å². The molecular formula is C14H18O3S. The molecule has 1 fully saturated rings. The smallest absolute Gasteiger partial charge is 0.335 e. The van der Waals surface area contributed by atoms with Crippen molar-refractivity contribution in [3.63, 3.8) is 0 Å². The van der Waals surface area contributed by atoms with E-state index in [4.69, 9.17) is 9.84 Å². The average Bonchev–Trinajstić information content (AvgIpc) is 2.38. The predicted octanol–water partition coefficient (Wildman–Crippen LogP) is 3.21. The quantitative estimate of drug-likeness (QED) is 0.850. The van der Waals surface area contributed by atoms with Gasteiger partial charge in [0.15, 0.2) is 0 Å². The van der Waals surface area contributed by atoms with Crippen LogP contribution < -0.4 is 0 Å². The van der Waals surface area contributed by atoms with Gasteiger partial charge in [-0.2, -0.15) is 0 Å². The Morgan fingerprint density at radius 2 is 2.17 bits per heavy atom. The highest BCUT2D eigenvalue weighted by molar-refractivity contribution is 7.99. The van der Waals surface area contributed by atoms with Crippen LogP contribution in [0, 0.1) is 12.8 Å². The van der Waals surface area contributed by atoms with Gasteiger partial charge in [-0.05, 0) is 43.4 Å². The summed E-state index contributed by atoms with van der Waals surface area (Å²) in [6.07, 6.45) is 2.23. The van der Waals surface area contributed by atoms with E-state index in [2.05, 4.69) is 0 Å². The van der Waals surface area contributed by atoms with Gasteiger partial charge >= 0.3 is 5.97 Å². The summed E-state index contributed by atoms with van der Waals surface area (Å²) in [6, 6.07) is 5.67. The Morgan fingerprint density at radius 3 is 2.83 bits per heavy atom. The fourth-order valence-electron chi connectivity index (χ4n) is 2.05. The first-order valence-corrected chi connectivity index (χ1v) is 7.20. The number of carboxylic acids is 1. The Bertz CT molecular complexity index is 425. The number of carbonyl (C=O) groups is 1. The molecule has 0 atom stereocenters. The zero-order valence-electron chi connectivity index (χ0n) is 10.5.